The first-order chi connectivity index (χ1) is 13.4. The molecule has 4 heterocycles. The van der Waals surface area contributed by atoms with Gasteiger partial charge in [0.2, 0.25) is 0 Å². The Morgan fingerprint density at radius 3 is 2.86 bits per heavy atom. The van der Waals surface area contributed by atoms with Gasteiger partial charge in [0, 0.05) is 30.1 Å². The molecule has 3 aromatic rings. The lowest BCUT2D eigenvalue weighted by molar-refractivity contribution is 0.102. The van der Waals surface area contributed by atoms with Gasteiger partial charge in [-0.2, -0.15) is 5.10 Å². The van der Waals surface area contributed by atoms with Crippen LogP contribution in [0, 0.1) is 13.8 Å². The molecule has 0 aromatic carbocycles. The zero-order valence-corrected chi connectivity index (χ0v) is 17.6. The van der Waals surface area contributed by atoms with Gasteiger partial charge in [-0.3, -0.25) is 15.0 Å². The minimum atomic E-state index is -0.369. The van der Waals surface area contributed by atoms with E-state index in [0.29, 0.717) is 16.0 Å². The lowest BCUT2D eigenvalue weighted by Gasteiger charge is -2.23. The van der Waals surface area contributed by atoms with Gasteiger partial charge in [-0.25, -0.2) is 14.6 Å². The van der Waals surface area contributed by atoms with E-state index in [1.807, 2.05) is 19.9 Å². The van der Waals surface area contributed by atoms with Crippen molar-refractivity contribution in [1.29, 1.82) is 0 Å². The summed E-state index contributed by atoms with van der Waals surface area (Å²) >= 11 is 7.77. The number of thiazole rings is 1. The number of hydrogen-bond acceptors (Lipinski definition) is 6. The van der Waals surface area contributed by atoms with E-state index < -0.39 is 0 Å². The van der Waals surface area contributed by atoms with Gasteiger partial charge in [-0.05, 0) is 38.6 Å². The van der Waals surface area contributed by atoms with Crippen LogP contribution >= 0.6 is 22.9 Å². The molecule has 28 heavy (non-hydrogen) atoms. The highest BCUT2D eigenvalue weighted by Gasteiger charge is 2.22. The molecule has 4 rings (SSSR count). The second-order valence-electron chi connectivity index (χ2n) is 6.80. The molecular weight excluding hydrogens is 396 g/mol. The van der Waals surface area contributed by atoms with E-state index >= 15 is 0 Å². The number of nitrogens with one attached hydrogen (secondary N) is 1. The average molecular weight is 417 g/mol. The molecule has 0 saturated heterocycles. The van der Waals surface area contributed by atoms with Gasteiger partial charge in [0.25, 0.3) is 5.91 Å². The van der Waals surface area contributed by atoms with Crippen molar-refractivity contribution < 1.29 is 4.79 Å². The Bertz CT molecular complexity index is 1040. The summed E-state index contributed by atoms with van der Waals surface area (Å²) in [5.41, 5.74) is 3.05. The molecule has 7 nitrogen and oxygen atoms in total. The summed E-state index contributed by atoms with van der Waals surface area (Å²) in [4.78, 5) is 25.4. The quantitative estimate of drug-likeness (QED) is 0.702. The van der Waals surface area contributed by atoms with Gasteiger partial charge in [0.05, 0.1) is 16.4 Å². The van der Waals surface area contributed by atoms with E-state index in [2.05, 4.69) is 32.2 Å². The Morgan fingerprint density at radius 2 is 2.14 bits per heavy atom. The Balaban J connectivity index is 1.58. The van der Waals surface area contributed by atoms with Crippen LogP contribution in [0.15, 0.2) is 18.2 Å². The van der Waals surface area contributed by atoms with E-state index in [1.165, 1.54) is 16.2 Å². The largest absolute Gasteiger partial charge is 0.298 e. The van der Waals surface area contributed by atoms with Crippen LogP contribution in [-0.2, 0) is 13.0 Å². The number of fused-ring (bicyclic) bond motifs is 1. The molecule has 0 aliphatic carbocycles. The number of halogens is 1. The zero-order chi connectivity index (χ0) is 19.8. The highest BCUT2D eigenvalue weighted by molar-refractivity contribution is 7.15. The summed E-state index contributed by atoms with van der Waals surface area (Å²) in [6.45, 7) is 8.90. The van der Waals surface area contributed by atoms with Gasteiger partial charge in [0.1, 0.15) is 5.69 Å². The average Bonchev–Trinajstić information content (AvgIpc) is 3.22. The van der Waals surface area contributed by atoms with Crippen LogP contribution < -0.4 is 5.32 Å². The van der Waals surface area contributed by atoms with Gasteiger partial charge >= 0.3 is 0 Å². The fourth-order valence-corrected chi connectivity index (χ4v) is 4.53. The van der Waals surface area contributed by atoms with Gasteiger partial charge in [-0.15, -0.1) is 11.3 Å². The molecule has 0 spiro atoms. The Labute approximate surface area is 172 Å². The van der Waals surface area contributed by atoms with Crippen molar-refractivity contribution in [2.24, 2.45) is 0 Å². The summed E-state index contributed by atoms with van der Waals surface area (Å²) in [6.07, 6.45) is 0.905. The van der Waals surface area contributed by atoms with Crippen molar-refractivity contribution in [2.75, 3.05) is 18.4 Å². The van der Waals surface area contributed by atoms with E-state index in [-0.39, 0.29) is 11.6 Å². The normalized spacial score (nSPS) is 14.1. The Kier molecular flexibility index (Phi) is 5.18. The molecule has 146 valence electrons. The van der Waals surface area contributed by atoms with Crippen LogP contribution in [0.5, 0.6) is 0 Å². The molecule has 3 aromatic heterocycles. The van der Waals surface area contributed by atoms with Crippen LogP contribution in [-0.4, -0.2) is 43.6 Å². The lowest BCUT2D eigenvalue weighted by atomic mass is 10.2. The van der Waals surface area contributed by atoms with Crippen molar-refractivity contribution >= 4 is 34.0 Å². The van der Waals surface area contributed by atoms with Crippen LogP contribution in [0.1, 0.15) is 39.4 Å². The number of carbonyl (C=O) groups is 1. The maximum atomic E-state index is 12.8. The maximum absolute atomic E-state index is 12.8. The first-order valence-electron chi connectivity index (χ1n) is 9.17. The summed E-state index contributed by atoms with van der Waals surface area (Å²) in [6, 6.07) is 5.37. The van der Waals surface area contributed by atoms with Crippen LogP contribution in [0.25, 0.3) is 5.82 Å². The molecule has 0 saturated carbocycles. The number of aromatic nitrogens is 4. The molecule has 0 fully saturated rings. The fourth-order valence-electron chi connectivity index (χ4n) is 3.30. The summed E-state index contributed by atoms with van der Waals surface area (Å²) in [7, 11) is 0. The Hall–Kier alpha value is -2.29. The number of amides is 1. The third-order valence-electron chi connectivity index (χ3n) is 4.75. The van der Waals surface area contributed by atoms with Crippen molar-refractivity contribution in [3.63, 3.8) is 0 Å². The third-order valence-corrected chi connectivity index (χ3v) is 6.05. The molecule has 1 N–H and O–H groups in total. The van der Waals surface area contributed by atoms with Crippen molar-refractivity contribution in [1.82, 2.24) is 24.6 Å². The second-order valence-corrected chi connectivity index (χ2v) is 8.29. The molecular formula is C19H21ClN6OS. The Morgan fingerprint density at radius 1 is 1.32 bits per heavy atom. The molecule has 1 aliphatic rings. The van der Waals surface area contributed by atoms with E-state index in [9.17, 15) is 4.79 Å². The predicted molar refractivity (Wildman–Crippen MR) is 111 cm³/mol. The van der Waals surface area contributed by atoms with Gasteiger partial charge < -0.3 is 0 Å². The van der Waals surface area contributed by atoms with Crippen molar-refractivity contribution in [2.45, 2.75) is 33.7 Å². The zero-order valence-electron chi connectivity index (χ0n) is 16.0. The second kappa shape index (κ2) is 7.62. The number of aryl methyl sites for hydroxylation is 2. The highest BCUT2D eigenvalue weighted by atomic mass is 35.5. The van der Waals surface area contributed by atoms with Gasteiger partial charge in [-0.1, -0.05) is 18.5 Å². The summed E-state index contributed by atoms with van der Waals surface area (Å²) in [5.74, 6) is 0.184. The molecule has 1 aliphatic heterocycles. The molecule has 0 bridgehead atoms. The number of hydrogen-bond donors (Lipinski definition) is 1. The van der Waals surface area contributed by atoms with Crippen LogP contribution in [0.3, 0.4) is 0 Å². The van der Waals surface area contributed by atoms with E-state index in [4.69, 9.17) is 11.6 Å². The first-order valence-corrected chi connectivity index (χ1v) is 10.4. The number of likely N-dealkylation sites (N-methyl/N-ethyl adjacent to an activating group) is 1. The fraction of sp³-hybridized carbons (Fsp3) is 0.368. The summed E-state index contributed by atoms with van der Waals surface area (Å²) in [5, 5.41) is 8.16. The number of carbonyl (C=O) groups excluding carboxylic acids is 1. The standard InChI is InChI=1S/C19H21ClN6OS/c1-4-25-8-7-14-15(10-25)28-19(21-14)23-18(27)17-13(20)5-6-16(22-17)26-12(3)9-11(2)24-26/h5-6,9H,4,7-8,10H2,1-3H3,(H,21,23,27). The lowest BCUT2D eigenvalue weighted by Crippen LogP contribution is -2.29. The molecule has 0 unspecified atom stereocenters. The van der Waals surface area contributed by atoms with Crippen LogP contribution in [0.2, 0.25) is 5.02 Å². The number of rotatable bonds is 4. The monoisotopic (exact) mass is 416 g/mol. The molecule has 0 atom stereocenters. The number of nitrogens with zero attached hydrogens (tertiary/aromatic N) is 5. The van der Waals surface area contributed by atoms with E-state index in [0.717, 1.165) is 43.1 Å². The molecule has 9 heteroatoms. The maximum Gasteiger partial charge on any atom is 0.277 e. The smallest absolute Gasteiger partial charge is 0.277 e. The van der Waals surface area contributed by atoms with Crippen LogP contribution in [0.4, 0.5) is 5.13 Å². The third kappa shape index (κ3) is 3.67. The van der Waals surface area contributed by atoms with Gasteiger partial charge in [0.15, 0.2) is 10.9 Å². The predicted octanol–water partition coefficient (Wildman–Crippen LogP) is 3.62. The molecule has 0 radical (unpaired) electrons. The summed E-state index contributed by atoms with van der Waals surface area (Å²) < 4.78 is 1.70. The first kappa shape index (κ1) is 19.0. The minimum Gasteiger partial charge on any atom is -0.298 e. The van der Waals surface area contributed by atoms with Crippen molar-refractivity contribution in [3.8, 4) is 5.82 Å². The number of pyridine rings is 1. The molecule has 1 amide bonds. The number of anilines is 1. The van der Waals surface area contributed by atoms with E-state index in [1.54, 1.807) is 16.8 Å². The topological polar surface area (TPSA) is 75.9 Å². The minimum absolute atomic E-state index is 0.162. The highest BCUT2D eigenvalue weighted by Crippen LogP contribution is 2.29. The SMILES string of the molecule is CCN1CCc2nc(NC(=O)c3nc(-n4nc(C)cc4C)ccc3Cl)sc2C1. The van der Waals surface area contributed by atoms with Crippen molar-refractivity contribution in [3.05, 3.63) is 50.9 Å².